The summed E-state index contributed by atoms with van der Waals surface area (Å²) >= 11 is 13.0. The monoisotopic (exact) mass is 636 g/mol. The molecule has 8 nitrogen and oxygen atoms in total. The van der Waals surface area contributed by atoms with Gasteiger partial charge in [-0.05, 0) is 48.4 Å². The Morgan fingerprint density at radius 2 is 1.55 bits per heavy atom. The van der Waals surface area contributed by atoms with Gasteiger partial charge in [0.2, 0.25) is 11.8 Å². The molecule has 0 aliphatic carbocycles. The molecule has 2 amide bonds. The molecule has 12 heteroatoms. The lowest BCUT2D eigenvalue weighted by Crippen LogP contribution is -2.54. The van der Waals surface area contributed by atoms with Crippen molar-refractivity contribution in [3.8, 4) is 0 Å². The van der Waals surface area contributed by atoms with Crippen molar-refractivity contribution >= 4 is 50.9 Å². The first-order valence-corrected chi connectivity index (χ1v) is 15.6. The Hall–Kier alpha value is -3.18. The van der Waals surface area contributed by atoms with Crippen molar-refractivity contribution in [1.82, 2.24) is 14.5 Å². The van der Waals surface area contributed by atoms with Gasteiger partial charge in [0.25, 0.3) is 0 Å². The first-order valence-electron chi connectivity index (χ1n) is 13.5. The van der Waals surface area contributed by atoms with Crippen molar-refractivity contribution in [2.45, 2.75) is 38.8 Å². The maximum absolute atomic E-state index is 14.2. The average molecular weight is 638 g/mol. The molecule has 0 fully saturated rings. The van der Waals surface area contributed by atoms with Gasteiger partial charge in [-0.25, -0.2) is 8.70 Å². The highest BCUT2D eigenvalue weighted by Gasteiger charge is 2.35. The number of carbonyl (C=O) groups excluding carboxylic acids is 2. The zero-order valence-corrected chi connectivity index (χ0v) is 26.1. The van der Waals surface area contributed by atoms with Crippen LogP contribution in [0.1, 0.15) is 30.9 Å². The molecule has 0 spiro atoms. The largest absolute Gasteiger partial charge is 0.354 e. The highest BCUT2D eigenvalue weighted by molar-refractivity contribution is 7.90. The fourth-order valence-electron chi connectivity index (χ4n) is 4.24. The zero-order chi connectivity index (χ0) is 30.9. The summed E-state index contributed by atoms with van der Waals surface area (Å²) in [5.41, 5.74) is 1.30. The van der Waals surface area contributed by atoms with Gasteiger partial charge in [0.15, 0.2) is 0 Å². The molecule has 0 unspecified atom stereocenters. The van der Waals surface area contributed by atoms with Crippen LogP contribution in [-0.4, -0.2) is 62.7 Å². The molecule has 42 heavy (non-hydrogen) atoms. The van der Waals surface area contributed by atoms with Gasteiger partial charge in [0.1, 0.15) is 18.4 Å². The standard InChI is InChI=1S/C30H35Cl2FN4O4S/c1-4-5-18-34-30(39)28(19-22-10-7-6-8-11-22)36(20-25-26(31)12-9-13-27(25)32)29(38)21-37(42(40,41)35(2)3)24-16-14-23(33)15-17-24/h6-17,28H,4-5,18-21H2,1-3H3,(H,34,39)/t28-/m1/s1. The first kappa shape index (κ1) is 33.3. The van der Waals surface area contributed by atoms with E-state index in [1.54, 1.807) is 18.2 Å². The molecule has 0 bridgehead atoms. The van der Waals surface area contributed by atoms with Gasteiger partial charge in [0, 0.05) is 49.2 Å². The lowest BCUT2D eigenvalue weighted by Gasteiger charge is -2.34. The number of unbranched alkanes of at least 4 members (excludes halogenated alkanes) is 1. The minimum atomic E-state index is -4.20. The van der Waals surface area contributed by atoms with Crippen LogP contribution in [0.25, 0.3) is 0 Å². The van der Waals surface area contributed by atoms with E-state index in [9.17, 15) is 22.4 Å². The third-order valence-electron chi connectivity index (χ3n) is 6.62. The minimum Gasteiger partial charge on any atom is -0.354 e. The summed E-state index contributed by atoms with van der Waals surface area (Å²) in [6, 6.07) is 17.9. The van der Waals surface area contributed by atoms with Gasteiger partial charge in [-0.1, -0.05) is 72.9 Å². The van der Waals surface area contributed by atoms with Gasteiger partial charge in [-0.2, -0.15) is 12.7 Å². The molecule has 0 aliphatic heterocycles. The molecule has 0 aliphatic rings. The SMILES string of the molecule is CCCCNC(=O)[C@@H](Cc1ccccc1)N(Cc1c(Cl)cccc1Cl)C(=O)CN(c1ccc(F)cc1)S(=O)(=O)N(C)C. The van der Waals surface area contributed by atoms with E-state index < -0.39 is 40.4 Å². The summed E-state index contributed by atoms with van der Waals surface area (Å²) in [5, 5.41) is 3.50. The molecule has 3 aromatic carbocycles. The van der Waals surface area contributed by atoms with Crippen LogP contribution in [0.2, 0.25) is 10.0 Å². The van der Waals surface area contributed by atoms with Crippen molar-refractivity contribution in [2.24, 2.45) is 0 Å². The quantitative estimate of drug-likeness (QED) is 0.243. The molecule has 0 heterocycles. The highest BCUT2D eigenvalue weighted by Crippen LogP contribution is 2.28. The molecular weight excluding hydrogens is 602 g/mol. The van der Waals surface area contributed by atoms with Gasteiger partial charge in [0.05, 0.1) is 5.69 Å². The number of benzene rings is 3. The van der Waals surface area contributed by atoms with Gasteiger partial charge in [-0.3, -0.25) is 9.59 Å². The number of hydrogen-bond donors (Lipinski definition) is 1. The second-order valence-corrected chi connectivity index (χ2v) is 12.7. The highest BCUT2D eigenvalue weighted by atomic mass is 35.5. The van der Waals surface area contributed by atoms with Crippen LogP contribution in [0.4, 0.5) is 10.1 Å². The van der Waals surface area contributed by atoms with Crippen LogP contribution in [0, 0.1) is 5.82 Å². The maximum Gasteiger partial charge on any atom is 0.304 e. The number of anilines is 1. The zero-order valence-electron chi connectivity index (χ0n) is 23.8. The molecule has 226 valence electrons. The van der Waals surface area contributed by atoms with Crippen molar-refractivity contribution in [3.05, 3.63) is 99.8 Å². The van der Waals surface area contributed by atoms with Gasteiger partial charge < -0.3 is 10.2 Å². The Balaban J connectivity index is 2.11. The van der Waals surface area contributed by atoms with E-state index >= 15 is 0 Å². The first-order chi connectivity index (χ1) is 19.9. The molecule has 0 saturated heterocycles. The molecule has 0 aromatic heterocycles. The van der Waals surface area contributed by atoms with Crippen molar-refractivity contribution in [2.75, 3.05) is 31.5 Å². The third-order valence-corrected chi connectivity index (χ3v) is 9.15. The molecule has 0 radical (unpaired) electrons. The molecule has 3 aromatic rings. The molecular formula is C30H35Cl2FN4O4S. The predicted molar refractivity (Wildman–Crippen MR) is 165 cm³/mol. The Morgan fingerprint density at radius 3 is 2.12 bits per heavy atom. The normalized spacial score (nSPS) is 12.2. The van der Waals surface area contributed by atoms with E-state index in [0.29, 0.717) is 22.2 Å². The topological polar surface area (TPSA) is 90.0 Å². The van der Waals surface area contributed by atoms with Crippen LogP contribution in [0.5, 0.6) is 0 Å². The van der Waals surface area contributed by atoms with Gasteiger partial charge in [-0.15, -0.1) is 0 Å². The molecule has 1 N–H and O–H groups in total. The number of amides is 2. The summed E-state index contributed by atoms with van der Waals surface area (Å²) < 4.78 is 42.3. The van der Waals surface area contributed by atoms with E-state index in [-0.39, 0.29) is 18.7 Å². The number of rotatable bonds is 14. The van der Waals surface area contributed by atoms with E-state index in [1.165, 1.54) is 31.1 Å². The maximum atomic E-state index is 14.2. The number of nitrogens with zero attached hydrogens (tertiary/aromatic N) is 3. The Morgan fingerprint density at radius 1 is 0.929 bits per heavy atom. The van der Waals surface area contributed by atoms with E-state index in [4.69, 9.17) is 23.2 Å². The second-order valence-electron chi connectivity index (χ2n) is 9.85. The van der Waals surface area contributed by atoms with Crippen LogP contribution in [0.15, 0.2) is 72.8 Å². The van der Waals surface area contributed by atoms with E-state index in [1.807, 2.05) is 37.3 Å². The molecule has 1 atom stereocenters. The number of carbonyl (C=O) groups is 2. The average Bonchev–Trinajstić information content (AvgIpc) is 2.96. The predicted octanol–water partition coefficient (Wildman–Crippen LogP) is 5.30. The Labute approximate surface area is 257 Å². The summed E-state index contributed by atoms with van der Waals surface area (Å²) in [5.74, 6) is -1.63. The van der Waals surface area contributed by atoms with Crippen molar-refractivity contribution < 1.29 is 22.4 Å². The third kappa shape index (κ3) is 8.67. The minimum absolute atomic E-state index is 0.0844. The summed E-state index contributed by atoms with van der Waals surface area (Å²) in [6.45, 7) is 1.58. The number of hydrogen-bond acceptors (Lipinski definition) is 4. The van der Waals surface area contributed by atoms with Crippen molar-refractivity contribution in [1.29, 1.82) is 0 Å². The molecule has 3 rings (SSSR count). The smallest absolute Gasteiger partial charge is 0.304 e. The Bertz CT molecular complexity index is 1440. The fraction of sp³-hybridized carbons (Fsp3) is 0.333. The summed E-state index contributed by atoms with van der Waals surface area (Å²) in [6.07, 6.45) is 1.76. The number of nitrogens with one attached hydrogen (secondary N) is 1. The van der Waals surface area contributed by atoms with E-state index in [2.05, 4.69) is 5.32 Å². The van der Waals surface area contributed by atoms with Gasteiger partial charge >= 0.3 is 10.2 Å². The van der Waals surface area contributed by atoms with Crippen molar-refractivity contribution in [3.63, 3.8) is 0 Å². The lowest BCUT2D eigenvalue weighted by molar-refractivity contribution is -0.140. The summed E-state index contributed by atoms with van der Waals surface area (Å²) in [7, 11) is -1.54. The van der Waals surface area contributed by atoms with Crippen LogP contribution >= 0.6 is 23.2 Å². The summed E-state index contributed by atoms with van der Waals surface area (Å²) in [4.78, 5) is 29.2. The molecule has 0 saturated carbocycles. The van der Waals surface area contributed by atoms with Crippen LogP contribution < -0.4 is 9.62 Å². The van der Waals surface area contributed by atoms with Crippen LogP contribution in [-0.2, 0) is 32.8 Å². The van der Waals surface area contributed by atoms with Crippen LogP contribution in [0.3, 0.4) is 0 Å². The number of halogens is 3. The van der Waals surface area contributed by atoms with E-state index in [0.717, 1.165) is 39.1 Å². The second kappa shape index (κ2) is 15.3. The Kier molecular flexibility index (Phi) is 12.2. The lowest BCUT2D eigenvalue weighted by atomic mass is 10.0. The fourth-order valence-corrected chi connectivity index (χ4v) is 5.81.